The zero-order valence-electron chi connectivity index (χ0n) is 30.5. The molecule has 4 aromatic rings. The summed E-state index contributed by atoms with van der Waals surface area (Å²) in [6, 6.07) is 19.6. The summed E-state index contributed by atoms with van der Waals surface area (Å²) in [6.07, 6.45) is 14.1. The summed E-state index contributed by atoms with van der Waals surface area (Å²) >= 11 is 0. The van der Waals surface area contributed by atoms with Gasteiger partial charge in [-0.1, -0.05) is 65.3 Å². The van der Waals surface area contributed by atoms with Crippen molar-refractivity contribution in [1.29, 1.82) is 0 Å². The van der Waals surface area contributed by atoms with Crippen LogP contribution in [0.4, 0.5) is 0 Å². The maximum atomic E-state index is 7.66. The van der Waals surface area contributed by atoms with Gasteiger partial charge < -0.3 is 4.42 Å². The van der Waals surface area contributed by atoms with Crippen LogP contribution in [0.25, 0.3) is 33.2 Å². The van der Waals surface area contributed by atoms with E-state index in [4.69, 9.17) is 14.1 Å². The third-order valence-electron chi connectivity index (χ3n) is 13.4. The number of nitrogens with zero attached hydrogens (tertiary/aromatic N) is 2. The quantitative estimate of drug-likeness (QED) is 0.103. The lowest BCUT2D eigenvalue weighted by atomic mass is 9.70. The second kappa shape index (κ2) is 12.2. The van der Waals surface area contributed by atoms with Crippen LogP contribution in [0.3, 0.4) is 0 Å². The Balaban J connectivity index is 1.19. The van der Waals surface area contributed by atoms with Gasteiger partial charge in [0, 0.05) is 34.6 Å². The molecule has 5 nitrogen and oxygen atoms in total. The molecule has 2 aromatic heterocycles. The molecule has 0 bridgehead atoms. The number of aromatic nitrogens is 1. The molecule has 8 rings (SSSR count). The number of rotatable bonds is 9. The van der Waals surface area contributed by atoms with Crippen molar-refractivity contribution in [3.8, 4) is 11.3 Å². The monoisotopic (exact) mass is 650 g/mol. The lowest BCUT2D eigenvalue weighted by Crippen LogP contribution is -2.45. The maximum Gasteiger partial charge on any atom is 0.411 e. The Hall–Kier alpha value is -2.73. The molecule has 10 atom stereocenters. The number of furan rings is 1. The fourth-order valence-corrected chi connectivity index (χ4v) is 11.4. The van der Waals surface area contributed by atoms with Crippen molar-refractivity contribution in [2.24, 2.45) is 41.4 Å². The van der Waals surface area contributed by atoms with E-state index in [0.717, 1.165) is 52.6 Å². The predicted molar refractivity (Wildman–Crippen MR) is 192 cm³/mol. The summed E-state index contributed by atoms with van der Waals surface area (Å²) in [6.45, 7) is 14.7. The molecule has 2 aliphatic heterocycles. The van der Waals surface area contributed by atoms with Crippen molar-refractivity contribution < 1.29 is 23.5 Å². The number of para-hydroxylation sites is 1. The van der Waals surface area contributed by atoms with E-state index in [0.29, 0.717) is 11.8 Å². The molecule has 2 saturated carbocycles. The lowest BCUT2D eigenvalue weighted by Gasteiger charge is -2.38. The van der Waals surface area contributed by atoms with Gasteiger partial charge in [0.2, 0.25) is 5.69 Å². The molecule has 0 spiro atoms. The maximum absolute atomic E-state index is 7.66. The second-order valence-electron chi connectivity index (χ2n) is 17.1. The SMILES string of the molecule is CCC1CC(C)CC(CC(O[N+]2(OC)C3[n+]4ccccc4-c4c(ccc5c4oc4ccccc45)C32C)[C@H](C)CC2CC(C)CC(C)C2)C1. The molecule has 4 heterocycles. The van der Waals surface area contributed by atoms with Crippen LogP contribution in [0.5, 0.6) is 0 Å². The fraction of sp³-hybridized carbons (Fsp3) is 0.605. The van der Waals surface area contributed by atoms with Crippen molar-refractivity contribution in [2.75, 3.05) is 7.11 Å². The summed E-state index contributed by atoms with van der Waals surface area (Å²) in [5.74, 6) is 5.20. The third kappa shape index (κ3) is 5.09. The Morgan fingerprint density at radius 2 is 1.52 bits per heavy atom. The predicted octanol–water partition coefficient (Wildman–Crippen LogP) is 10.9. The molecule has 0 N–H and O–H groups in total. The van der Waals surface area contributed by atoms with Gasteiger partial charge in [0.1, 0.15) is 17.3 Å². The van der Waals surface area contributed by atoms with Crippen molar-refractivity contribution in [3.05, 3.63) is 66.4 Å². The molecular formula is C43H58N2O3+2. The highest BCUT2D eigenvalue weighted by molar-refractivity contribution is 6.10. The van der Waals surface area contributed by atoms with E-state index in [2.05, 4.69) is 107 Å². The first-order chi connectivity index (χ1) is 23.2. The standard InChI is InChI=1S/C43H58N2O3/c1-8-31-20-29(4)23-33(25-31)26-39(30(5)24-32-21-27(2)19-28(3)22-32)48-45(46-7)42-43(45,6)36-17-16-35-34-13-9-10-15-38(34)47-41(35)40(36)37-14-11-12-18-44(37)42/h9-18,27-33,39,42H,8,19-26H2,1-7H3/q+2/t27?,28?,29?,30-,31?,32?,33?,39?,42?,43?,45?/m1/s1. The van der Waals surface area contributed by atoms with Gasteiger partial charge in [-0.25, -0.2) is 0 Å². The summed E-state index contributed by atoms with van der Waals surface area (Å²) in [5.41, 5.74) is 5.08. The van der Waals surface area contributed by atoms with Crippen LogP contribution in [0, 0.1) is 41.4 Å². The first kappa shape index (κ1) is 32.5. The summed E-state index contributed by atoms with van der Waals surface area (Å²) in [7, 11) is 1.87. The second-order valence-corrected chi connectivity index (χ2v) is 17.1. The van der Waals surface area contributed by atoms with Crippen molar-refractivity contribution in [1.82, 2.24) is 0 Å². The minimum absolute atomic E-state index is 0.00822. The Morgan fingerprint density at radius 3 is 2.27 bits per heavy atom. The molecule has 2 aliphatic carbocycles. The largest absolute Gasteiger partial charge is 0.455 e. The van der Waals surface area contributed by atoms with E-state index in [1.165, 1.54) is 73.6 Å². The van der Waals surface area contributed by atoms with Gasteiger partial charge in [-0.15, -0.1) is 4.57 Å². The number of hydroxylamine groups is 4. The van der Waals surface area contributed by atoms with E-state index in [1.54, 1.807) is 0 Å². The molecule has 0 amide bonds. The Morgan fingerprint density at radius 1 is 0.833 bits per heavy atom. The van der Waals surface area contributed by atoms with Crippen LogP contribution in [0.2, 0.25) is 0 Å². The van der Waals surface area contributed by atoms with Gasteiger partial charge in [0.15, 0.2) is 6.20 Å². The average molecular weight is 651 g/mol. The minimum atomic E-state index is -0.409. The van der Waals surface area contributed by atoms with Gasteiger partial charge >= 0.3 is 11.7 Å². The molecule has 48 heavy (non-hydrogen) atoms. The number of pyridine rings is 1. The smallest absolute Gasteiger partial charge is 0.411 e. The third-order valence-corrected chi connectivity index (χ3v) is 13.4. The average Bonchev–Trinajstić information content (AvgIpc) is 3.40. The number of hydrogen-bond donors (Lipinski definition) is 0. The Labute approximate surface area is 288 Å². The molecule has 5 heteroatoms. The fourth-order valence-electron chi connectivity index (χ4n) is 11.4. The number of fused-ring (bicyclic) bond motifs is 10. The Bertz CT molecular complexity index is 1790. The van der Waals surface area contributed by atoms with E-state index in [9.17, 15) is 0 Å². The highest BCUT2D eigenvalue weighted by Gasteiger charge is 2.93. The summed E-state index contributed by atoms with van der Waals surface area (Å²) in [4.78, 5) is 14.5. The lowest BCUT2D eigenvalue weighted by molar-refractivity contribution is -1.22. The highest BCUT2D eigenvalue weighted by atomic mass is 17.0. The first-order valence-corrected chi connectivity index (χ1v) is 19.2. The summed E-state index contributed by atoms with van der Waals surface area (Å²) in [5, 5.41) is 2.33. The van der Waals surface area contributed by atoms with E-state index >= 15 is 0 Å². The molecule has 3 fully saturated rings. The molecule has 4 aliphatic rings. The summed E-state index contributed by atoms with van der Waals surface area (Å²) < 4.78 is 9.09. The number of hydrogen-bond acceptors (Lipinski definition) is 3. The van der Waals surface area contributed by atoms with Crippen LogP contribution in [-0.4, -0.2) is 18.0 Å². The molecular weight excluding hydrogens is 592 g/mol. The highest BCUT2D eigenvalue weighted by Crippen LogP contribution is 2.68. The van der Waals surface area contributed by atoms with Gasteiger partial charge in [-0.3, -0.25) is 0 Å². The van der Waals surface area contributed by atoms with Crippen molar-refractivity contribution in [3.63, 3.8) is 0 Å². The Kier molecular flexibility index (Phi) is 8.28. The van der Waals surface area contributed by atoms with Crippen LogP contribution >= 0.6 is 0 Å². The van der Waals surface area contributed by atoms with E-state index < -0.39 is 5.54 Å². The molecule has 2 aromatic carbocycles. The number of benzene rings is 2. The molecule has 1 saturated heterocycles. The van der Waals surface area contributed by atoms with Crippen LogP contribution < -0.4 is 4.57 Å². The van der Waals surface area contributed by atoms with Gasteiger partial charge in [-0.05, 0) is 111 Å². The zero-order valence-corrected chi connectivity index (χ0v) is 30.5. The number of quaternary nitrogens is 1. The van der Waals surface area contributed by atoms with Crippen molar-refractivity contribution >= 4 is 21.9 Å². The van der Waals surface area contributed by atoms with Crippen molar-refractivity contribution in [2.45, 2.75) is 117 Å². The van der Waals surface area contributed by atoms with Gasteiger partial charge in [0.25, 0.3) is 0 Å². The normalized spacial score (nSPS) is 35.5. The van der Waals surface area contributed by atoms with Crippen LogP contribution in [0.1, 0.15) is 111 Å². The zero-order chi connectivity index (χ0) is 33.4. The van der Waals surface area contributed by atoms with Crippen LogP contribution in [0.15, 0.2) is 65.2 Å². The molecule has 0 radical (unpaired) electrons. The van der Waals surface area contributed by atoms with Gasteiger partial charge in [-0.2, -0.15) is 9.68 Å². The minimum Gasteiger partial charge on any atom is -0.455 e. The molecule has 9 unspecified atom stereocenters. The van der Waals surface area contributed by atoms with Crippen LogP contribution in [-0.2, 0) is 15.2 Å². The topological polar surface area (TPSA) is 35.5 Å². The first-order valence-electron chi connectivity index (χ1n) is 19.2. The van der Waals surface area contributed by atoms with E-state index in [1.807, 2.05) is 7.11 Å². The van der Waals surface area contributed by atoms with E-state index in [-0.39, 0.29) is 17.1 Å². The molecule has 256 valence electrons. The van der Waals surface area contributed by atoms with Gasteiger partial charge in [0.05, 0.1) is 18.2 Å².